The maximum absolute atomic E-state index is 12.8. The van der Waals surface area contributed by atoms with Crippen molar-refractivity contribution in [2.75, 3.05) is 7.05 Å². The molecule has 2 aromatic carbocycles. The minimum absolute atomic E-state index is 0.0440. The molecule has 1 aliphatic rings. The highest BCUT2D eigenvalue weighted by Gasteiger charge is 2.40. The topological polar surface area (TPSA) is 113 Å². The second-order valence-electron chi connectivity index (χ2n) is 8.31. The van der Waals surface area contributed by atoms with Crippen LogP contribution in [0.4, 0.5) is 0 Å². The Morgan fingerprint density at radius 3 is 2.61 bits per heavy atom. The van der Waals surface area contributed by atoms with Gasteiger partial charge in [-0.1, -0.05) is 18.2 Å². The van der Waals surface area contributed by atoms with E-state index in [1.54, 1.807) is 36.8 Å². The van der Waals surface area contributed by atoms with Gasteiger partial charge in [-0.3, -0.25) is 19.8 Å². The predicted molar refractivity (Wildman–Crippen MR) is 124 cm³/mol. The Morgan fingerprint density at radius 2 is 1.88 bits per heavy atom. The molecule has 0 unspecified atom stereocenters. The lowest BCUT2D eigenvalue weighted by Gasteiger charge is -2.24. The Kier molecular flexibility index (Phi) is 6.86. The third-order valence-corrected chi connectivity index (χ3v) is 6.21. The van der Waals surface area contributed by atoms with Crippen LogP contribution in [0, 0.1) is 12.8 Å². The lowest BCUT2D eigenvalue weighted by atomic mass is 10.0. The average Bonchev–Trinajstić information content (AvgIpc) is 3.24. The van der Waals surface area contributed by atoms with Gasteiger partial charge >= 0.3 is 0 Å². The van der Waals surface area contributed by atoms with E-state index in [9.17, 15) is 9.59 Å². The summed E-state index contributed by atoms with van der Waals surface area (Å²) in [4.78, 5) is 29.3. The van der Waals surface area contributed by atoms with Crippen LogP contribution in [0.3, 0.4) is 0 Å². The number of aryl methyl sites for hydroxylation is 1. The number of nitrogens with zero attached hydrogens (tertiary/aromatic N) is 1. The molecule has 4 rings (SSSR count). The van der Waals surface area contributed by atoms with Gasteiger partial charge in [0.25, 0.3) is 5.91 Å². The number of aromatic nitrogens is 1. The number of hydroxylamine groups is 1. The molecule has 1 saturated carbocycles. The zero-order valence-electron chi connectivity index (χ0n) is 18.7. The third kappa shape index (κ3) is 4.97. The number of para-hydroxylation sites is 1. The molecule has 3 aromatic rings. The monoisotopic (exact) mass is 448 g/mol. The van der Waals surface area contributed by atoms with E-state index < -0.39 is 17.9 Å². The molecule has 0 bridgehead atoms. The minimum atomic E-state index is -0.488. The first kappa shape index (κ1) is 22.7. The van der Waals surface area contributed by atoms with Gasteiger partial charge in [0.15, 0.2) is 0 Å². The molecule has 8 heteroatoms. The van der Waals surface area contributed by atoms with E-state index in [1.165, 1.54) is 0 Å². The fraction of sp³-hybridized carbons (Fsp3) is 0.320. The molecule has 0 aliphatic heterocycles. The van der Waals surface area contributed by atoms with Gasteiger partial charge < -0.3 is 15.4 Å². The SMILES string of the molecule is CN[C@@H]1CC[C@H](C(=O)NO)[C@@H]1NC(=O)c1ccc(OCc2cc(C)nc3ccccc23)cc1. The molecule has 1 aliphatic carbocycles. The number of hydrogen-bond donors (Lipinski definition) is 4. The number of rotatable bonds is 7. The average molecular weight is 449 g/mol. The number of benzene rings is 2. The van der Waals surface area contributed by atoms with Gasteiger partial charge in [0.05, 0.1) is 17.5 Å². The van der Waals surface area contributed by atoms with Gasteiger partial charge in [0, 0.05) is 28.2 Å². The van der Waals surface area contributed by atoms with E-state index in [0.29, 0.717) is 24.3 Å². The molecule has 0 spiro atoms. The van der Waals surface area contributed by atoms with E-state index in [2.05, 4.69) is 15.6 Å². The van der Waals surface area contributed by atoms with Crippen molar-refractivity contribution >= 4 is 22.7 Å². The van der Waals surface area contributed by atoms with Crippen molar-refractivity contribution < 1.29 is 19.5 Å². The van der Waals surface area contributed by atoms with E-state index in [-0.39, 0.29) is 11.9 Å². The Morgan fingerprint density at radius 1 is 1.12 bits per heavy atom. The Bertz CT molecular complexity index is 1150. The summed E-state index contributed by atoms with van der Waals surface area (Å²) in [5, 5.41) is 16.1. The lowest BCUT2D eigenvalue weighted by molar-refractivity contribution is -0.133. The lowest BCUT2D eigenvalue weighted by Crippen LogP contribution is -2.51. The molecule has 1 aromatic heterocycles. The summed E-state index contributed by atoms with van der Waals surface area (Å²) < 4.78 is 5.97. The van der Waals surface area contributed by atoms with Gasteiger partial charge in [-0.05, 0) is 63.2 Å². The summed E-state index contributed by atoms with van der Waals surface area (Å²) in [5.41, 5.74) is 5.09. The standard InChI is InChI=1S/C25H28N4O4/c1-15-13-17(19-5-3-4-6-21(19)27-15)14-33-18-9-7-16(8-10-18)24(30)28-23-20(25(31)29-32)11-12-22(23)26-2/h3-10,13,20,22-23,26,32H,11-12,14H2,1-2H3,(H,28,30)(H,29,31)/t20-,22+,23-/m0/s1. The molecule has 1 fully saturated rings. The highest BCUT2D eigenvalue weighted by atomic mass is 16.5. The molecule has 4 N–H and O–H groups in total. The normalized spacial score (nSPS) is 19.9. The molecule has 0 saturated heterocycles. The van der Waals surface area contributed by atoms with Crippen molar-refractivity contribution in [2.45, 2.75) is 38.5 Å². The number of nitrogens with one attached hydrogen (secondary N) is 3. The number of pyridine rings is 1. The summed E-state index contributed by atoms with van der Waals surface area (Å²) >= 11 is 0. The quantitative estimate of drug-likeness (QED) is 0.327. The van der Waals surface area contributed by atoms with Crippen molar-refractivity contribution in [1.29, 1.82) is 0 Å². The molecule has 172 valence electrons. The fourth-order valence-corrected chi connectivity index (χ4v) is 4.51. The third-order valence-electron chi connectivity index (χ3n) is 6.21. The van der Waals surface area contributed by atoms with Crippen LogP contribution in [-0.2, 0) is 11.4 Å². The van der Waals surface area contributed by atoms with Crippen molar-refractivity contribution in [2.24, 2.45) is 5.92 Å². The number of likely N-dealkylation sites (N-methyl/N-ethyl adjacent to an activating group) is 1. The van der Waals surface area contributed by atoms with Crippen LogP contribution < -0.4 is 20.9 Å². The van der Waals surface area contributed by atoms with Crippen LogP contribution in [0.2, 0.25) is 0 Å². The molecular formula is C25H28N4O4. The van der Waals surface area contributed by atoms with Crippen molar-refractivity contribution in [3.05, 3.63) is 71.4 Å². The number of carbonyl (C=O) groups excluding carboxylic acids is 2. The highest BCUT2D eigenvalue weighted by molar-refractivity contribution is 5.95. The molecule has 33 heavy (non-hydrogen) atoms. The van der Waals surface area contributed by atoms with E-state index >= 15 is 0 Å². The Labute approximate surface area is 192 Å². The van der Waals surface area contributed by atoms with Crippen molar-refractivity contribution in [1.82, 2.24) is 21.1 Å². The first-order valence-corrected chi connectivity index (χ1v) is 11.0. The number of amides is 2. The number of fused-ring (bicyclic) bond motifs is 1. The summed E-state index contributed by atoms with van der Waals surface area (Å²) in [6.45, 7) is 2.35. The maximum atomic E-state index is 12.8. The predicted octanol–water partition coefficient (Wildman–Crippen LogP) is 2.72. The number of ether oxygens (including phenoxy) is 1. The molecule has 3 atom stereocenters. The van der Waals surface area contributed by atoms with Gasteiger partial charge in [-0.15, -0.1) is 0 Å². The van der Waals surface area contributed by atoms with Crippen LogP contribution in [0.15, 0.2) is 54.6 Å². The zero-order valence-corrected chi connectivity index (χ0v) is 18.7. The second-order valence-corrected chi connectivity index (χ2v) is 8.31. The highest BCUT2D eigenvalue weighted by Crippen LogP contribution is 2.27. The molecule has 1 heterocycles. The van der Waals surface area contributed by atoms with Crippen LogP contribution in [0.1, 0.15) is 34.5 Å². The van der Waals surface area contributed by atoms with Gasteiger partial charge in [0.2, 0.25) is 5.91 Å². The second kappa shape index (κ2) is 9.97. The van der Waals surface area contributed by atoms with Crippen LogP contribution in [-0.4, -0.2) is 41.1 Å². The molecule has 2 amide bonds. The van der Waals surface area contributed by atoms with E-state index in [4.69, 9.17) is 9.94 Å². The summed E-state index contributed by atoms with van der Waals surface area (Å²) in [6.07, 6.45) is 1.31. The van der Waals surface area contributed by atoms with E-state index in [1.807, 2.05) is 37.3 Å². The Hall–Kier alpha value is -3.49. The van der Waals surface area contributed by atoms with Crippen molar-refractivity contribution in [3.63, 3.8) is 0 Å². The van der Waals surface area contributed by atoms with Crippen LogP contribution in [0.25, 0.3) is 10.9 Å². The number of hydrogen-bond acceptors (Lipinski definition) is 6. The molecule has 0 radical (unpaired) electrons. The number of carbonyl (C=O) groups is 2. The zero-order chi connectivity index (χ0) is 23.4. The van der Waals surface area contributed by atoms with Crippen LogP contribution >= 0.6 is 0 Å². The van der Waals surface area contributed by atoms with Gasteiger partial charge in [-0.2, -0.15) is 0 Å². The summed E-state index contributed by atoms with van der Waals surface area (Å²) in [6, 6.07) is 16.4. The van der Waals surface area contributed by atoms with E-state index in [0.717, 1.165) is 28.6 Å². The fourth-order valence-electron chi connectivity index (χ4n) is 4.51. The summed E-state index contributed by atoms with van der Waals surface area (Å²) in [5.74, 6) is -0.602. The summed E-state index contributed by atoms with van der Waals surface area (Å²) in [7, 11) is 1.79. The van der Waals surface area contributed by atoms with Gasteiger partial charge in [0.1, 0.15) is 12.4 Å². The largest absolute Gasteiger partial charge is 0.489 e. The first-order chi connectivity index (χ1) is 16.0. The smallest absolute Gasteiger partial charge is 0.251 e. The maximum Gasteiger partial charge on any atom is 0.251 e. The Balaban J connectivity index is 1.42. The van der Waals surface area contributed by atoms with Crippen LogP contribution in [0.5, 0.6) is 5.75 Å². The first-order valence-electron chi connectivity index (χ1n) is 11.0. The minimum Gasteiger partial charge on any atom is -0.489 e. The molecule has 8 nitrogen and oxygen atoms in total. The van der Waals surface area contributed by atoms with Crippen molar-refractivity contribution in [3.8, 4) is 5.75 Å². The van der Waals surface area contributed by atoms with Gasteiger partial charge in [-0.25, -0.2) is 5.48 Å². The molecular weight excluding hydrogens is 420 g/mol.